The highest BCUT2D eigenvalue weighted by Crippen LogP contribution is 2.28. The summed E-state index contributed by atoms with van der Waals surface area (Å²) < 4.78 is 13.3. The van der Waals surface area contributed by atoms with Gasteiger partial charge >= 0.3 is 0 Å². The molecule has 0 aromatic heterocycles. The Morgan fingerprint density at radius 1 is 1.28 bits per heavy atom. The van der Waals surface area contributed by atoms with E-state index in [-0.39, 0.29) is 5.82 Å². The van der Waals surface area contributed by atoms with Crippen LogP contribution in [-0.2, 0) is 6.54 Å². The minimum absolute atomic E-state index is 0.131. The Morgan fingerprint density at radius 2 is 2.00 bits per heavy atom. The van der Waals surface area contributed by atoms with Crippen LogP contribution in [0.5, 0.6) is 0 Å². The molecule has 1 N–H and O–H groups in total. The van der Waals surface area contributed by atoms with Gasteiger partial charge < -0.3 is 5.32 Å². The fourth-order valence-corrected chi connectivity index (χ4v) is 2.83. The molecule has 0 bridgehead atoms. The summed E-state index contributed by atoms with van der Waals surface area (Å²) in [6.07, 6.45) is 2.32. The number of hydrogen-bond acceptors (Lipinski definition) is 2. The molecule has 1 aromatic rings. The average molecular weight is 250 g/mol. The van der Waals surface area contributed by atoms with Crippen molar-refractivity contribution in [3.8, 4) is 0 Å². The van der Waals surface area contributed by atoms with Gasteiger partial charge in [0.15, 0.2) is 0 Å². The maximum Gasteiger partial charge on any atom is 0.123 e. The van der Waals surface area contributed by atoms with Crippen LogP contribution < -0.4 is 5.32 Å². The third-order valence-electron chi connectivity index (χ3n) is 3.58. The van der Waals surface area contributed by atoms with Gasteiger partial charge in [-0.15, -0.1) is 0 Å². The average Bonchev–Trinajstić information content (AvgIpc) is 2.37. The fraction of sp³-hybridized carbons (Fsp3) is 0.600. The molecule has 0 unspecified atom stereocenters. The van der Waals surface area contributed by atoms with Crippen LogP contribution in [0, 0.1) is 5.82 Å². The highest BCUT2D eigenvalue weighted by molar-refractivity contribution is 5.33. The molecule has 0 saturated heterocycles. The predicted octanol–water partition coefficient (Wildman–Crippen LogP) is 3.09. The molecule has 1 atom stereocenters. The normalized spacial score (nSPS) is 19.0. The summed E-state index contributed by atoms with van der Waals surface area (Å²) >= 11 is 0. The number of benzene rings is 1. The zero-order valence-corrected chi connectivity index (χ0v) is 11.4. The van der Waals surface area contributed by atoms with Crippen LogP contribution in [0.15, 0.2) is 18.2 Å². The second-order valence-corrected chi connectivity index (χ2v) is 5.03. The molecule has 0 saturated carbocycles. The van der Waals surface area contributed by atoms with Crippen molar-refractivity contribution in [1.29, 1.82) is 0 Å². The van der Waals surface area contributed by atoms with E-state index in [1.165, 1.54) is 5.56 Å². The molecule has 1 aliphatic heterocycles. The SMILES string of the molecule is CCCN(CCC)[C@@H]1CNCc2cc(F)ccc21. The first-order valence-electron chi connectivity index (χ1n) is 6.99. The monoisotopic (exact) mass is 250 g/mol. The van der Waals surface area contributed by atoms with Crippen LogP contribution in [0.2, 0.25) is 0 Å². The molecule has 1 aliphatic rings. The van der Waals surface area contributed by atoms with Crippen molar-refractivity contribution in [2.75, 3.05) is 19.6 Å². The Balaban J connectivity index is 2.24. The third kappa shape index (κ3) is 2.90. The van der Waals surface area contributed by atoms with Crippen molar-refractivity contribution in [2.24, 2.45) is 0 Å². The van der Waals surface area contributed by atoms with Gasteiger partial charge in [-0.3, -0.25) is 4.90 Å². The number of halogens is 1. The number of nitrogens with one attached hydrogen (secondary N) is 1. The smallest absolute Gasteiger partial charge is 0.123 e. The summed E-state index contributed by atoms with van der Waals surface area (Å²) in [6.45, 7) is 8.40. The number of fused-ring (bicyclic) bond motifs is 1. The molecule has 0 amide bonds. The van der Waals surface area contributed by atoms with Gasteiger partial charge in [-0.2, -0.15) is 0 Å². The van der Waals surface area contributed by atoms with Gasteiger partial charge in [0.05, 0.1) is 0 Å². The summed E-state index contributed by atoms with van der Waals surface area (Å²) in [6, 6.07) is 5.63. The minimum atomic E-state index is -0.131. The number of nitrogens with zero attached hydrogens (tertiary/aromatic N) is 1. The van der Waals surface area contributed by atoms with E-state index >= 15 is 0 Å². The minimum Gasteiger partial charge on any atom is -0.311 e. The molecule has 2 nitrogen and oxygen atoms in total. The van der Waals surface area contributed by atoms with Gasteiger partial charge in [0.1, 0.15) is 5.82 Å². The van der Waals surface area contributed by atoms with Gasteiger partial charge in [-0.25, -0.2) is 4.39 Å². The van der Waals surface area contributed by atoms with Gasteiger partial charge in [0.2, 0.25) is 0 Å². The Labute approximate surface area is 109 Å². The highest BCUT2D eigenvalue weighted by atomic mass is 19.1. The molecule has 100 valence electrons. The second kappa shape index (κ2) is 6.30. The van der Waals surface area contributed by atoms with E-state index in [2.05, 4.69) is 24.1 Å². The van der Waals surface area contributed by atoms with Crippen LogP contribution >= 0.6 is 0 Å². The lowest BCUT2D eigenvalue weighted by molar-refractivity contribution is 0.185. The van der Waals surface area contributed by atoms with E-state index in [1.807, 2.05) is 6.07 Å². The van der Waals surface area contributed by atoms with Crippen molar-refractivity contribution in [3.05, 3.63) is 35.1 Å². The van der Waals surface area contributed by atoms with E-state index in [0.29, 0.717) is 6.04 Å². The standard InChI is InChI=1S/C15H23FN2/c1-3-7-18(8-4-2)15-11-17-10-12-9-13(16)5-6-14(12)15/h5-6,9,15,17H,3-4,7-8,10-11H2,1-2H3/t15-/m1/s1. The van der Waals surface area contributed by atoms with Crippen molar-refractivity contribution < 1.29 is 4.39 Å². The first-order chi connectivity index (χ1) is 8.76. The summed E-state index contributed by atoms with van der Waals surface area (Å²) in [7, 11) is 0. The summed E-state index contributed by atoms with van der Waals surface area (Å²) in [5.41, 5.74) is 2.42. The molecule has 1 heterocycles. The lowest BCUT2D eigenvalue weighted by Crippen LogP contribution is -2.40. The van der Waals surface area contributed by atoms with E-state index in [9.17, 15) is 4.39 Å². The van der Waals surface area contributed by atoms with Crippen molar-refractivity contribution in [1.82, 2.24) is 10.2 Å². The second-order valence-electron chi connectivity index (χ2n) is 5.03. The molecule has 0 spiro atoms. The molecular weight excluding hydrogens is 227 g/mol. The van der Waals surface area contributed by atoms with E-state index in [1.54, 1.807) is 12.1 Å². The summed E-state index contributed by atoms with van der Waals surface area (Å²) in [5.74, 6) is -0.131. The molecule has 0 aliphatic carbocycles. The lowest BCUT2D eigenvalue weighted by atomic mass is 9.95. The Morgan fingerprint density at radius 3 is 2.67 bits per heavy atom. The fourth-order valence-electron chi connectivity index (χ4n) is 2.83. The van der Waals surface area contributed by atoms with Crippen LogP contribution in [0.1, 0.15) is 43.9 Å². The third-order valence-corrected chi connectivity index (χ3v) is 3.58. The van der Waals surface area contributed by atoms with Crippen LogP contribution in [0.4, 0.5) is 4.39 Å². The van der Waals surface area contributed by atoms with E-state index in [4.69, 9.17) is 0 Å². The Hall–Kier alpha value is -0.930. The van der Waals surface area contributed by atoms with Crippen molar-refractivity contribution in [2.45, 2.75) is 39.3 Å². The molecule has 0 radical (unpaired) electrons. The van der Waals surface area contributed by atoms with Crippen LogP contribution in [0.3, 0.4) is 0 Å². The van der Waals surface area contributed by atoms with E-state index < -0.39 is 0 Å². The molecule has 2 rings (SSSR count). The van der Waals surface area contributed by atoms with E-state index in [0.717, 1.165) is 44.6 Å². The zero-order valence-electron chi connectivity index (χ0n) is 11.4. The summed E-state index contributed by atoms with van der Waals surface area (Å²) in [4.78, 5) is 2.52. The molecule has 0 fully saturated rings. The molecule has 3 heteroatoms. The largest absolute Gasteiger partial charge is 0.311 e. The van der Waals surface area contributed by atoms with Gasteiger partial charge in [0.25, 0.3) is 0 Å². The molecule has 1 aromatic carbocycles. The maximum atomic E-state index is 13.3. The van der Waals surface area contributed by atoms with Crippen molar-refractivity contribution in [3.63, 3.8) is 0 Å². The summed E-state index contributed by atoms with van der Waals surface area (Å²) in [5, 5.41) is 3.41. The maximum absolute atomic E-state index is 13.3. The van der Waals surface area contributed by atoms with Gasteiger partial charge in [-0.1, -0.05) is 19.9 Å². The van der Waals surface area contributed by atoms with Gasteiger partial charge in [-0.05, 0) is 49.2 Å². The first-order valence-corrected chi connectivity index (χ1v) is 6.99. The van der Waals surface area contributed by atoms with Crippen LogP contribution in [0.25, 0.3) is 0 Å². The van der Waals surface area contributed by atoms with Crippen LogP contribution in [-0.4, -0.2) is 24.5 Å². The lowest BCUT2D eigenvalue weighted by Gasteiger charge is -2.36. The molecular formula is C15H23FN2. The number of hydrogen-bond donors (Lipinski definition) is 1. The Bertz CT molecular complexity index is 386. The zero-order chi connectivity index (χ0) is 13.0. The quantitative estimate of drug-likeness (QED) is 0.864. The number of rotatable bonds is 5. The first kappa shape index (κ1) is 13.5. The molecule has 18 heavy (non-hydrogen) atoms. The highest BCUT2D eigenvalue weighted by Gasteiger charge is 2.24. The topological polar surface area (TPSA) is 15.3 Å². The Kier molecular flexibility index (Phi) is 4.72. The predicted molar refractivity (Wildman–Crippen MR) is 73.0 cm³/mol. The van der Waals surface area contributed by atoms with Gasteiger partial charge in [0, 0.05) is 19.1 Å². The van der Waals surface area contributed by atoms with Crippen molar-refractivity contribution >= 4 is 0 Å².